The Morgan fingerprint density at radius 2 is 1.70 bits per heavy atom. The molecular formula is C15H24BN3O4. The van der Waals surface area contributed by atoms with Crippen molar-refractivity contribution in [3.8, 4) is 5.75 Å². The van der Waals surface area contributed by atoms with Crippen molar-refractivity contribution in [1.29, 1.82) is 0 Å². The van der Waals surface area contributed by atoms with Gasteiger partial charge in [-0.2, -0.15) is 0 Å². The topological polar surface area (TPSA) is 76.5 Å². The Balaban J connectivity index is 1.76. The van der Waals surface area contributed by atoms with Crippen molar-refractivity contribution in [2.45, 2.75) is 6.54 Å². The summed E-state index contributed by atoms with van der Waals surface area (Å²) in [6.07, 6.45) is 0. The van der Waals surface area contributed by atoms with E-state index >= 15 is 0 Å². The molecule has 1 amide bonds. The van der Waals surface area contributed by atoms with Crippen LogP contribution in [0.25, 0.3) is 0 Å². The second kappa shape index (κ2) is 8.30. The fourth-order valence-electron chi connectivity index (χ4n) is 2.49. The molecule has 0 atom stereocenters. The van der Waals surface area contributed by atoms with E-state index in [2.05, 4.69) is 9.80 Å². The lowest BCUT2D eigenvalue weighted by Gasteiger charge is -2.34. The highest BCUT2D eigenvalue weighted by atomic mass is 16.6. The van der Waals surface area contributed by atoms with Gasteiger partial charge in [0.2, 0.25) is 5.91 Å². The standard InChI is InChI=1S/C15H24BN3O4/c1-17(2)15(20)12-19-9-7-18(8-10-19)11-13-3-5-14(6-4-13)23-16(21)22/h3-6,21-22H,7-12H2,1-2H3. The van der Waals surface area contributed by atoms with Crippen LogP contribution in [0.2, 0.25) is 0 Å². The van der Waals surface area contributed by atoms with Crippen molar-refractivity contribution in [3.63, 3.8) is 0 Å². The summed E-state index contributed by atoms with van der Waals surface area (Å²) in [7, 11) is 1.77. The van der Waals surface area contributed by atoms with Crippen LogP contribution in [-0.4, -0.2) is 84.8 Å². The van der Waals surface area contributed by atoms with Crippen molar-refractivity contribution in [3.05, 3.63) is 29.8 Å². The molecule has 1 heterocycles. The molecule has 1 saturated heterocycles. The molecule has 1 fully saturated rings. The first-order chi connectivity index (χ1) is 10.9. The van der Waals surface area contributed by atoms with Crippen molar-refractivity contribution >= 4 is 13.2 Å². The molecule has 2 N–H and O–H groups in total. The highest BCUT2D eigenvalue weighted by molar-refractivity contribution is 6.33. The maximum absolute atomic E-state index is 11.7. The number of piperazine rings is 1. The number of hydrogen-bond acceptors (Lipinski definition) is 6. The normalized spacial score (nSPS) is 16.2. The summed E-state index contributed by atoms with van der Waals surface area (Å²) >= 11 is 0. The van der Waals surface area contributed by atoms with Gasteiger partial charge in [-0.25, -0.2) is 0 Å². The first kappa shape index (κ1) is 17.7. The van der Waals surface area contributed by atoms with E-state index < -0.39 is 7.32 Å². The number of nitrogens with zero attached hydrogens (tertiary/aromatic N) is 3. The van der Waals surface area contributed by atoms with Gasteiger partial charge in [0.15, 0.2) is 0 Å². The molecule has 8 heteroatoms. The van der Waals surface area contributed by atoms with E-state index in [1.807, 2.05) is 12.1 Å². The molecule has 2 rings (SSSR count). The van der Waals surface area contributed by atoms with Gasteiger partial charge < -0.3 is 19.6 Å². The Labute approximate surface area is 137 Å². The number of carbonyl (C=O) groups is 1. The van der Waals surface area contributed by atoms with E-state index in [1.54, 1.807) is 31.1 Å². The van der Waals surface area contributed by atoms with Crippen LogP contribution in [-0.2, 0) is 11.3 Å². The molecule has 0 spiro atoms. The van der Waals surface area contributed by atoms with Gasteiger partial charge in [0.1, 0.15) is 5.75 Å². The maximum atomic E-state index is 11.7. The lowest BCUT2D eigenvalue weighted by atomic mass is 10.1. The fourth-order valence-corrected chi connectivity index (χ4v) is 2.49. The van der Waals surface area contributed by atoms with E-state index in [9.17, 15) is 4.79 Å². The minimum atomic E-state index is -1.79. The van der Waals surface area contributed by atoms with E-state index in [-0.39, 0.29) is 5.91 Å². The van der Waals surface area contributed by atoms with Gasteiger partial charge in [-0.05, 0) is 17.7 Å². The van der Waals surface area contributed by atoms with Crippen LogP contribution in [0, 0.1) is 0 Å². The van der Waals surface area contributed by atoms with E-state index in [0.29, 0.717) is 12.3 Å². The summed E-state index contributed by atoms with van der Waals surface area (Å²) in [6.45, 7) is 4.94. The number of amides is 1. The molecule has 0 saturated carbocycles. The number of benzene rings is 1. The molecule has 23 heavy (non-hydrogen) atoms. The molecule has 1 aliphatic heterocycles. The minimum absolute atomic E-state index is 0.139. The van der Waals surface area contributed by atoms with Crippen LogP contribution in [0.3, 0.4) is 0 Å². The summed E-state index contributed by atoms with van der Waals surface area (Å²) in [6, 6.07) is 7.28. The van der Waals surface area contributed by atoms with Gasteiger partial charge in [-0.3, -0.25) is 14.6 Å². The number of carbonyl (C=O) groups excluding carboxylic acids is 1. The predicted molar refractivity (Wildman–Crippen MR) is 87.7 cm³/mol. The van der Waals surface area contributed by atoms with Gasteiger partial charge in [-0.1, -0.05) is 12.1 Å². The molecule has 0 unspecified atom stereocenters. The molecule has 1 aromatic rings. The molecular weight excluding hydrogens is 297 g/mol. The maximum Gasteiger partial charge on any atom is 0.707 e. The molecule has 7 nitrogen and oxygen atoms in total. The summed E-state index contributed by atoms with van der Waals surface area (Å²) in [4.78, 5) is 17.9. The minimum Gasteiger partial charge on any atom is -0.512 e. The lowest BCUT2D eigenvalue weighted by Crippen LogP contribution is -2.48. The zero-order chi connectivity index (χ0) is 16.8. The number of hydrogen-bond donors (Lipinski definition) is 2. The zero-order valence-corrected chi connectivity index (χ0v) is 13.7. The Morgan fingerprint density at radius 1 is 1.13 bits per heavy atom. The van der Waals surface area contributed by atoms with Crippen LogP contribution in [0.4, 0.5) is 0 Å². The molecule has 126 valence electrons. The van der Waals surface area contributed by atoms with Crippen molar-refractivity contribution in [1.82, 2.24) is 14.7 Å². The van der Waals surface area contributed by atoms with E-state index in [0.717, 1.165) is 38.3 Å². The van der Waals surface area contributed by atoms with Gasteiger partial charge in [0, 0.05) is 46.8 Å². The number of rotatable bonds is 6. The van der Waals surface area contributed by atoms with Crippen LogP contribution < -0.4 is 4.65 Å². The van der Waals surface area contributed by atoms with Gasteiger partial charge in [-0.15, -0.1) is 0 Å². The molecule has 0 aliphatic carbocycles. The molecule has 1 aromatic carbocycles. The van der Waals surface area contributed by atoms with Gasteiger partial charge in [0.25, 0.3) is 0 Å². The third-order valence-electron chi connectivity index (χ3n) is 3.89. The summed E-state index contributed by atoms with van der Waals surface area (Å²) in [5.74, 6) is 0.566. The summed E-state index contributed by atoms with van der Waals surface area (Å²) in [5.41, 5.74) is 1.14. The monoisotopic (exact) mass is 321 g/mol. The Bertz CT molecular complexity index is 502. The molecule has 1 aliphatic rings. The lowest BCUT2D eigenvalue weighted by molar-refractivity contribution is -0.130. The van der Waals surface area contributed by atoms with E-state index in [1.165, 1.54) is 0 Å². The summed E-state index contributed by atoms with van der Waals surface area (Å²) < 4.78 is 4.78. The fraction of sp³-hybridized carbons (Fsp3) is 0.533. The third kappa shape index (κ3) is 5.83. The second-order valence-corrected chi connectivity index (χ2v) is 5.93. The van der Waals surface area contributed by atoms with Crippen molar-refractivity contribution < 1.29 is 19.5 Å². The first-order valence-corrected chi connectivity index (χ1v) is 7.70. The average molecular weight is 321 g/mol. The van der Waals surface area contributed by atoms with Crippen LogP contribution >= 0.6 is 0 Å². The smallest absolute Gasteiger partial charge is 0.512 e. The zero-order valence-electron chi connectivity index (χ0n) is 13.7. The molecule has 0 bridgehead atoms. The Kier molecular flexibility index (Phi) is 6.41. The predicted octanol–water partition coefficient (Wildman–Crippen LogP) is -0.759. The highest BCUT2D eigenvalue weighted by Crippen LogP contribution is 2.15. The van der Waals surface area contributed by atoms with Gasteiger partial charge >= 0.3 is 7.32 Å². The number of likely N-dealkylation sites (N-methyl/N-ethyl adjacent to an activating group) is 1. The quantitative estimate of drug-likeness (QED) is 0.671. The van der Waals surface area contributed by atoms with Crippen LogP contribution in [0.5, 0.6) is 5.75 Å². The largest absolute Gasteiger partial charge is 0.707 e. The second-order valence-electron chi connectivity index (χ2n) is 5.93. The average Bonchev–Trinajstić information content (AvgIpc) is 2.50. The van der Waals surface area contributed by atoms with Crippen molar-refractivity contribution in [2.24, 2.45) is 0 Å². The highest BCUT2D eigenvalue weighted by Gasteiger charge is 2.19. The SMILES string of the molecule is CN(C)C(=O)CN1CCN(Cc2ccc(OB(O)O)cc2)CC1. The van der Waals surface area contributed by atoms with Crippen LogP contribution in [0.15, 0.2) is 24.3 Å². The third-order valence-corrected chi connectivity index (χ3v) is 3.89. The molecule has 0 radical (unpaired) electrons. The van der Waals surface area contributed by atoms with Gasteiger partial charge in [0.05, 0.1) is 6.54 Å². The van der Waals surface area contributed by atoms with E-state index in [4.69, 9.17) is 14.7 Å². The van der Waals surface area contributed by atoms with Crippen LogP contribution in [0.1, 0.15) is 5.56 Å². The summed E-state index contributed by atoms with van der Waals surface area (Å²) in [5, 5.41) is 17.5. The van der Waals surface area contributed by atoms with Crippen molar-refractivity contribution in [2.75, 3.05) is 46.8 Å². The Hall–Kier alpha value is -1.61. The Morgan fingerprint density at radius 3 is 2.22 bits per heavy atom. The molecule has 0 aromatic heterocycles. The first-order valence-electron chi connectivity index (χ1n) is 7.70.